The van der Waals surface area contributed by atoms with E-state index in [1.54, 1.807) is 29.2 Å². The van der Waals surface area contributed by atoms with Crippen molar-refractivity contribution in [3.63, 3.8) is 0 Å². The molecular weight excluding hydrogens is 438 g/mol. The summed E-state index contributed by atoms with van der Waals surface area (Å²) in [6.45, 7) is 1.74. The van der Waals surface area contributed by atoms with Crippen molar-refractivity contribution in [3.8, 4) is 0 Å². The summed E-state index contributed by atoms with van der Waals surface area (Å²) in [5.41, 5.74) is 2.64. The lowest BCUT2D eigenvalue weighted by atomic mass is 10.1. The smallest absolute Gasteiger partial charge is 0.231 e. The molecule has 170 valence electrons. The van der Waals surface area contributed by atoms with Crippen molar-refractivity contribution in [1.29, 1.82) is 0 Å². The molecule has 1 aliphatic heterocycles. The molecular formula is C24H25N5O3S. The summed E-state index contributed by atoms with van der Waals surface area (Å²) < 4.78 is 0. The van der Waals surface area contributed by atoms with Gasteiger partial charge in [0.15, 0.2) is 0 Å². The van der Waals surface area contributed by atoms with Crippen LogP contribution in [-0.4, -0.2) is 34.5 Å². The summed E-state index contributed by atoms with van der Waals surface area (Å²) in [7, 11) is 0. The molecule has 1 unspecified atom stereocenters. The van der Waals surface area contributed by atoms with Gasteiger partial charge in [0.25, 0.3) is 0 Å². The molecule has 1 aromatic heterocycles. The Morgan fingerprint density at radius 2 is 1.79 bits per heavy atom. The van der Waals surface area contributed by atoms with Crippen LogP contribution in [0.15, 0.2) is 54.6 Å². The highest BCUT2D eigenvalue weighted by molar-refractivity contribution is 7.15. The first-order chi connectivity index (χ1) is 16.0. The monoisotopic (exact) mass is 463 g/mol. The van der Waals surface area contributed by atoms with Crippen LogP contribution in [-0.2, 0) is 27.2 Å². The summed E-state index contributed by atoms with van der Waals surface area (Å²) in [6.07, 6.45) is 2.86. The highest BCUT2D eigenvalue weighted by atomic mass is 32.1. The number of hydrogen-bond donors (Lipinski definition) is 2. The van der Waals surface area contributed by atoms with Crippen molar-refractivity contribution in [1.82, 2.24) is 10.2 Å². The van der Waals surface area contributed by atoms with Gasteiger partial charge in [-0.3, -0.25) is 14.4 Å². The van der Waals surface area contributed by atoms with E-state index in [4.69, 9.17) is 0 Å². The van der Waals surface area contributed by atoms with Gasteiger partial charge < -0.3 is 15.5 Å². The number of nitrogens with zero attached hydrogens (tertiary/aromatic N) is 3. The van der Waals surface area contributed by atoms with Gasteiger partial charge in [-0.25, -0.2) is 0 Å². The highest BCUT2D eigenvalue weighted by Gasteiger charge is 2.35. The molecule has 2 heterocycles. The predicted octanol–water partition coefficient (Wildman–Crippen LogP) is 3.66. The first kappa shape index (κ1) is 22.6. The van der Waals surface area contributed by atoms with Crippen molar-refractivity contribution < 1.29 is 14.4 Å². The van der Waals surface area contributed by atoms with Gasteiger partial charge in [-0.15, -0.1) is 10.2 Å². The first-order valence-electron chi connectivity index (χ1n) is 10.8. The Kier molecular flexibility index (Phi) is 7.09. The second kappa shape index (κ2) is 10.4. The van der Waals surface area contributed by atoms with Gasteiger partial charge in [0.05, 0.1) is 5.92 Å². The first-order valence-corrected chi connectivity index (χ1v) is 11.6. The average molecular weight is 464 g/mol. The fourth-order valence-corrected chi connectivity index (χ4v) is 4.55. The lowest BCUT2D eigenvalue weighted by Crippen LogP contribution is -2.28. The van der Waals surface area contributed by atoms with E-state index in [1.165, 1.54) is 23.8 Å². The van der Waals surface area contributed by atoms with Gasteiger partial charge in [-0.2, -0.15) is 0 Å². The van der Waals surface area contributed by atoms with E-state index in [-0.39, 0.29) is 24.1 Å². The topological polar surface area (TPSA) is 104 Å². The number of benzene rings is 2. The molecule has 1 aliphatic rings. The molecule has 33 heavy (non-hydrogen) atoms. The molecule has 0 radical (unpaired) electrons. The van der Waals surface area contributed by atoms with Crippen LogP contribution in [0.1, 0.15) is 30.3 Å². The van der Waals surface area contributed by atoms with Crippen molar-refractivity contribution in [2.75, 3.05) is 22.1 Å². The third kappa shape index (κ3) is 6.01. The minimum atomic E-state index is -0.460. The SMILES string of the molecule is CC(=O)Nc1ccc(N2CC(C(=O)Nc3nnc(CCCc4ccccc4)s3)CC2=O)cc1. The largest absolute Gasteiger partial charge is 0.326 e. The normalized spacial score (nSPS) is 15.5. The van der Waals surface area contributed by atoms with Gasteiger partial charge >= 0.3 is 0 Å². The van der Waals surface area contributed by atoms with Crippen LogP contribution in [0.3, 0.4) is 0 Å². The van der Waals surface area contributed by atoms with Gasteiger partial charge in [-0.05, 0) is 42.7 Å². The molecule has 2 aromatic carbocycles. The summed E-state index contributed by atoms with van der Waals surface area (Å²) in [6, 6.07) is 17.3. The van der Waals surface area contributed by atoms with Crippen molar-refractivity contribution in [2.24, 2.45) is 5.92 Å². The van der Waals surface area contributed by atoms with Crippen molar-refractivity contribution in [2.45, 2.75) is 32.6 Å². The second-order valence-electron chi connectivity index (χ2n) is 7.96. The number of aryl methyl sites for hydroxylation is 2. The summed E-state index contributed by atoms with van der Waals surface area (Å²) in [5, 5.41) is 15.1. The molecule has 1 atom stereocenters. The Bertz CT molecular complexity index is 1130. The van der Waals surface area contributed by atoms with Gasteiger partial charge in [0.1, 0.15) is 5.01 Å². The number of carbonyl (C=O) groups excluding carboxylic acids is 3. The van der Waals surface area contributed by atoms with E-state index in [0.717, 1.165) is 24.3 Å². The molecule has 0 aliphatic carbocycles. The molecule has 0 bridgehead atoms. The Morgan fingerprint density at radius 1 is 1.03 bits per heavy atom. The Morgan fingerprint density at radius 3 is 2.52 bits per heavy atom. The van der Waals surface area contributed by atoms with E-state index in [2.05, 4.69) is 33.0 Å². The van der Waals surface area contributed by atoms with Crippen molar-refractivity contribution >= 4 is 45.6 Å². The number of rotatable bonds is 8. The predicted molar refractivity (Wildman–Crippen MR) is 128 cm³/mol. The van der Waals surface area contributed by atoms with E-state index < -0.39 is 5.92 Å². The maximum Gasteiger partial charge on any atom is 0.231 e. The maximum atomic E-state index is 12.7. The van der Waals surface area contributed by atoms with Crippen LogP contribution in [0.5, 0.6) is 0 Å². The van der Waals surface area contributed by atoms with Crippen LogP contribution in [0.4, 0.5) is 16.5 Å². The van der Waals surface area contributed by atoms with Crippen LogP contribution >= 0.6 is 11.3 Å². The number of hydrogen-bond acceptors (Lipinski definition) is 6. The molecule has 3 aromatic rings. The standard InChI is InChI=1S/C24H25N5O3S/c1-16(30)25-19-10-12-20(13-11-19)29-15-18(14-22(29)31)23(32)26-24-28-27-21(33-24)9-5-8-17-6-3-2-4-7-17/h2-4,6-7,10-13,18H,5,8-9,14-15H2,1H3,(H,25,30)(H,26,28,32). The van der Waals surface area contributed by atoms with E-state index in [1.807, 2.05) is 18.2 Å². The van der Waals surface area contributed by atoms with Crippen LogP contribution in [0.2, 0.25) is 0 Å². The maximum absolute atomic E-state index is 12.7. The minimum absolute atomic E-state index is 0.110. The Balaban J connectivity index is 1.28. The summed E-state index contributed by atoms with van der Waals surface area (Å²) in [5.74, 6) is -0.959. The van der Waals surface area contributed by atoms with Gasteiger partial charge in [0, 0.05) is 37.7 Å². The number of anilines is 3. The van der Waals surface area contributed by atoms with Crippen LogP contribution in [0.25, 0.3) is 0 Å². The van der Waals surface area contributed by atoms with E-state index >= 15 is 0 Å². The van der Waals surface area contributed by atoms with Gasteiger partial charge in [0.2, 0.25) is 22.9 Å². The van der Waals surface area contributed by atoms with Crippen LogP contribution in [0, 0.1) is 5.92 Å². The molecule has 8 nitrogen and oxygen atoms in total. The molecule has 0 spiro atoms. The summed E-state index contributed by atoms with van der Waals surface area (Å²) >= 11 is 1.37. The number of nitrogens with one attached hydrogen (secondary N) is 2. The lowest BCUT2D eigenvalue weighted by Gasteiger charge is -2.17. The molecule has 1 saturated heterocycles. The van der Waals surface area contributed by atoms with Gasteiger partial charge in [-0.1, -0.05) is 41.7 Å². The van der Waals surface area contributed by atoms with E-state index in [9.17, 15) is 14.4 Å². The fourth-order valence-electron chi connectivity index (χ4n) is 3.76. The van der Waals surface area contributed by atoms with Crippen LogP contribution < -0.4 is 15.5 Å². The quantitative estimate of drug-likeness (QED) is 0.531. The Hall–Kier alpha value is -3.59. The highest BCUT2D eigenvalue weighted by Crippen LogP contribution is 2.28. The lowest BCUT2D eigenvalue weighted by molar-refractivity contribution is -0.122. The van der Waals surface area contributed by atoms with Crippen molar-refractivity contribution in [3.05, 3.63) is 65.2 Å². The number of amides is 3. The molecule has 4 rings (SSSR count). The zero-order valence-electron chi connectivity index (χ0n) is 18.3. The second-order valence-corrected chi connectivity index (χ2v) is 9.02. The molecule has 1 fully saturated rings. The minimum Gasteiger partial charge on any atom is -0.326 e. The van der Waals surface area contributed by atoms with E-state index in [0.29, 0.717) is 23.1 Å². The zero-order valence-corrected chi connectivity index (χ0v) is 19.1. The third-order valence-electron chi connectivity index (χ3n) is 5.39. The molecule has 3 amide bonds. The average Bonchev–Trinajstić information content (AvgIpc) is 3.41. The number of carbonyl (C=O) groups is 3. The number of aromatic nitrogens is 2. The third-order valence-corrected chi connectivity index (χ3v) is 6.29. The molecule has 0 saturated carbocycles. The summed E-state index contributed by atoms with van der Waals surface area (Å²) in [4.78, 5) is 38.0. The Labute approximate surface area is 196 Å². The zero-order chi connectivity index (χ0) is 23.2. The molecule has 2 N–H and O–H groups in total. The fraction of sp³-hybridized carbons (Fsp3) is 0.292. The molecule has 9 heteroatoms.